The van der Waals surface area contributed by atoms with Gasteiger partial charge in [-0.1, -0.05) is 30.3 Å². The van der Waals surface area contributed by atoms with Gasteiger partial charge in [0.2, 0.25) is 15.9 Å². The summed E-state index contributed by atoms with van der Waals surface area (Å²) in [6.07, 6.45) is 6.02. The fraction of sp³-hybridized carbons (Fsp3) is 0.304. The van der Waals surface area contributed by atoms with Crippen molar-refractivity contribution >= 4 is 31.9 Å². The molecule has 0 spiro atoms. The first-order valence-electron chi connectivity index (χ1n) is 10.6. The number of amides is 1. The number of benzene rings is 2. The van der Waals surface area contributed by atoms with Gasteiger partial charge in [0, 0.05) is 31.7 Å². The van der Waals surface area contributed by atoms with Crippen molar-refractivity contribution in [2.24, 2.45) is 0 Å². The Hall–Kier alpha value is -2.49. The van der Waals surface area contributed by atoms with Gasteiger partial charge in [0.1, 0.15) is 0 Å². The second-order valence-electron chi connectivity index (χ2n) is 7.85. The van der Waals surface area contributed by atoms with Crippen LogP contribution < -0.4 is 5.32 Å². The number of hydrogen-bond acceptors (Lipinski definition) is 4. The van der Waals surface area contributed by atoms with Crippen molar-refractivity contribution in [1.82, 2.24) is 19.4 Å². The summed E-state index contributed by atoms with van der Waals surface area (Å²) in [5.41, 5.74) is 1.89. The van der Waals surface area contributed by atoms with E-state index in [-0.39, 0.29) is 23.4 Å². The van der Waals surface area contributed by atoms with Gasteiger partial charge in [0.25, 0.3) is 0 Å². The summed E-state index contributed by atoms with van der Waals surface area (Å²) < 4.78 is 30.3. The number of aryl methyl sites for hydroxylation is 1. The minimum absolute atomic E-state index is 0.0483. The molecule has 1 amide bonds. The third kappa shape index (κ3) is 5.46. The van der Waals surface area contributed by atoms with Gasteiger partial charge in [-0.3, -0.25) is 4.79 Å². The van der Waals surface area contributed by atoms with Gasteiger partial charge in [0.05, 0.1) is 21.3 Å². The summed E-state index contributed by atoms with van der Waals surface area (Å²) in [6.45, 7) is 0.736. The largest absolute Gasteiger partial charge is 0.352 e. The molecule has 7 nitrogen and oxygen atoms in total. The molecule has 1 saturated heterocycles. The SMILES string of the molecule is O=C(CCc1ccccc1)NC1CCCN(S(=O)(=O)c2ccc(-n3cc(Br)cn3)cc2)C1. The lowest BCUT2D eigenvalue weighted by Crippen LogP contribution is -2.49. The topological polar surface area (TPSA) is 84.3 Å². The van der Waals surface area contributed by atoms with E-state index >= 15 is 0 Å². The Kier molecular flexibility index (Phi) is 7.07. The van der Waals surface area contributed by atoms with Crippen LogP contribution in [-0.4, -0.2) is 47.5 Å². The fourth-order valence-electron chi connectivity index (χ4n) is 3.84. The van der Waals surface area contributed by atoms with Gasteiger partial charge < -0.3 is 5.32 Å². The van der Waals surface area contributed by atoms with E-state index in [9.17, 15) is 13.2 Å². The molecule has 0 aliphatic carbocycles. The third-order valence-electron chi connectivity index (χ3n) is 5.52. The van der Waals surface area contributed by atoms with Crippen molar-refractivity contribution in [2.45, 2.75) is 36.6 Å². The van der Waals surface area contributed by atoms with E-state index in [1.807, 2.05) is 30.3 Å². The monoisotopic (exact) mass is 516 g/mol. The summed E-state index contributed by atoms with van der Waals surface area (Å²) in [6, 6.07) is 16.3. The van der Waals surface area contributed by atoms with Crippen LogP contribution in [0, 0.1) is 0 Å². The zero-order chi connectivity index (χ0) is 22.6. The number of hydrogen-bond donors (Lipinski definition) is 1. The van der Waals surface area contributed by atoms with E-state index in [1.54, 1.807) is 41.3 Å². The molecule has 2 heterocycles. The second kappa shape index (κ2) is 9.97. The summed E-state index contributed by atoms with van der Waals surface area (Å²) in [7, 11) is -3.64. The van der Waals surface area contributed by atoms with Crippen LogP contribution in [0.4, 0.5) is 0 Å². The molecule has 2 aromatic carbocycles. The summed E-state index contributed by atoms with van der Waals surface area (Å²) >= 11 is 3.36. The Morgan fingerprint density at radius 3 is 2.56 bits per heavy atom. The maximum Gasteiger partial charge on any atom is 0.243 e. The Morgan fingerprint density at radius 2 is 1.88 bits per heavy atom. The van der Waals surface area contributed by atoms with E-state index in [0.29, 0.717) is 25.8 Å². The quantitative estimate of drug-likeness (QED) is 0.520. The van der Waals surface area contributed by atoms with Gasteiger partial charge in [-0.05, 0) is 65.0 Å². The summed E-state index contributed by atoms with van der Waals surface area (Å²) in [4.78, 5) is 12.6. The smallest absolute Gasteiger partial charge is 0.243 e. The first kappa shape index (κ1) is 22.7. The standard InChI is InChI=1S/C23H25BrN4O3S/c24-19-15-25-28(16-19)21-9-11-22(12-10-21)32(30,31)27-14-4-7-20(17-27)26-23(29)13-8-18-5-2-1-3-6-18/h1-3,5-6,9-12,15-16,20H,4,7-8,13-14,17H2,(H,26,29). The molecule has 0 saturated carbocycles. The van der Waals surface area contributed by atoms with E-state index in [1.165, 1.54) is 4.31 Å². The van der Waals surface area contributed by atoms with E-state index < -0.39 is 10.0 Å². The molecule has 0 radical (unpaired) electrons. The Balaban J connectivity index is 1.37. The molecular weight excluding hydrogens is 492 g/mol. The molecular formula is C23H25BrN4O3S. The predicted molar refractivity (Wildman–Crippen MR) is 126 cm³/mol. The number of rotatable bonds is 7. The Labute approximate surface area is 196 Å². The molecule has 3 aromatic rings. The number of aromatic nitrogens is 2. The lowest BCUT2D eigenvalue weighted by Gasteiger charge is -2.32. The second-order valence-corrected chi connectivity index (χ2v) is 10.7. The van der Waals surface area contributed by atoms with Crippen molar-refractivity contribution in [3.63, 3.8) is 0 Å². The first-order valence-corrected chi connectivity index (χ1v) is 12.8. The average Bonchev–Trinajstić information content (AvgIpc) is 3.25. The Morgan fingerprint density at radius 1 is 1.12 bits per heavy atom. The number of halogens is 1. The number of nitrogens with one attached hydrogen (secondary N) is 1. The van der Waals surface area contributed by atoms with Gasteiger partial charge in [-0.2, -0.15) is 9.40 Å². The van der Waals surface area contributed by atoms with Crippen LogP contribution >= 0.6 is 15.9 Å². The molecule has 1 aromatic heterocycles. The molecule has 1 aliphatic heterocycles. The van der Waals surface area contributed by atoms with E-state index in [4.69, 9.17) is 0 Å². The highest BCUT2D eigenvalue weighted by atomic mass is 79.9. The van der Waals surface area contributed by atoms with Gasteiger partial charge in [0.15, 0.2) is 0 Å². The number of carbonyl (C=O) groups excluding carboxylic acids is 1. The van der Waals surface area contributed by atoms with Crippen LogP contribution in [0.2, 0.25) is 0 Å². The number of nitrogens with zero attached hydrogens (tertiary/aromatic N) is 3. The van der Waals surface area contributed by atoms with E-state index in [2.05, 4.69) is 26.3 Å². The van der Waals surface area contributed by atoms with Gasteiger partial charge >= 0.3 is 0 Å². The maximum atomic E-state index is 13.2. The molecule has 0 bridgehead atoms. The molecule has 1 N–H and O–H groups in total. The van der Waals surface area contributed by atoms with Crippen molar-refractivity contribution in [3.05, 3.63) is 77.0 Å². The summed E-state index contributed by atoms with van der Waals surface area (Å²) in [5, 5.41) is 7.22. The number of piperidine rings is 1. The van der Waals surface area contributed by atoms with Crippen LogP contribution in [-0.2, 0) is 21.2 Å². The molecule has 9 heteroatoms. The van der Waals surface area contributed by atoms with Crippen LogP contribution in [0.25, 0.3) is 5.69 Å². The highest BCUT2D eigenvalue weighted by Crippen LogP contribution is 2.22. The molecule has 168 valence electrons. The van der Waals surface area contributed by atoms with Crippen LogP contribution in [0.5, 0.6) is 0 Å². The Bertz CT molecular complexity index is 1160. The molecule has 1 aliphatic rings. The van der Waals surface area contributed by atoms with E-state index in [0.717, 1.165) is 22.1 Å². The molecule has 1 unspecified atom stereocenters. The maximum absolute atomic E-state index is 13.2. The van der Waals surface area contributed by atoms with Crippen molar-refractivity contribution in [2.75, 3.05) is 13.1 Å². The van der Waals surface area contributed by atoms with Crippen LogP contribution in [0.3, 0.4) is 0 Å². The van der Waals surface area contributed by atoms with Crippen molar-refractivity contribution in [1.29, 1.82) is 0 Å². The lowest BCUT2D eigenvalue weighted by atomic mass is 10.1. The molecule has 4 rings (SSSR count). The third-order valence-corrected chi connectivity index (χ3v) is 7.81. The van der Waals surface area contributed by atoms with Gasteiger partial charge in [-0.25, -0.2) is 13.1 Å². The molecule has 1 fully saturated rings. The molecule has 1 atom stereocenters. The fourth-order valence-corrected chi connectivity index (χ4v) is 5.65. The van der Waals surface area contributed by atoms with Crippen LogP contribution in [0.1, 0.15) is 24.8 Å². The zero-order valence-electron chi connectivity index (χ0n) is 17.5. The highest BCUT2D eigenvalue weighted by Gasteiger charge is 2.30. The highest BCUT2D eigenvalue weighted by molar-refractivity contribution is 9.10. The average molecular weight is 517 g/mol. The summed E-state index contributed by atoms with van der Waals surface area (Å²) in [5.74, 6) is -0.0483. The zero-order valence-corrected chi connectivity index (χ0v) is 19.9. The van der Waals surface area contributed by atoms with Crippen molar-refractivity contribution in [3.8, 4) is 5.69 Å². The number of sulfonamides is 1. The minimum atomic E-state index is -3.64. The predicted octanol–water partition coefficient (Wildman–Crippen LogP) is 3.54. The van der Waals surface area contributed by atoms with Crippen molar-refractivity contribution < 1.29 is 13.2 Å². The molecule has 32 heavy (non-hydrogen) atoms. The normalized spacial score (nSPS) is 17.2. The first-order chi connectivity index (χ1) is 15.4. The minimum Gasteiger partial charge on any atom is -0.352 e. The van der Waals surface area contributed by atoms with Crippen LogP contribution in [0.15, 0.2) is 76.4 Å². The number of carbonyl (C=O) groups is 1. The van der Waals surface area contributed by atoms with Gasteiger partial charge in [-0.15, -0.1) is 0 Å². The lowest BCUT2D eigenvalue weighted by molar-refractivity contribution is -0.122.